The van der Waals surface area contributed by atoms with Crippen LogP contribution in [0.4, 0.5) is 13.2 Å². The van der Waals surface area contributed by atoms with E-state index < -0.39 is 22.2 Å². The molecule has 2 aromatic heterocycles. The van der Waals surface area contributed by atoms with Gasteiger partial charge in [0.2, 0.25) is 0 Å². The summed E-state index contributed by atoms with van der Waals surface area (Å²) in [6, 6.07) is 0. The van der Waals surface area contributed by atoms with Crippen LogP contribution in [-0.4, -0.2) is 23.3 Å². The number of nitrogens with zero attached hydrogens (tertiary/aromatic N) is 2. The Morgan fingerprint density at radius 1 is 1.42 bits per heavy atom. The zero-order valence-corrected chi connectivity index (χ0v) is 11.5. The molecule has 106 valence electrons. The van der Waals surface area contributed by atoms with E-state index in [0.29, 0.717) is 10.7 Å². The zero-order chi connectivity index (χ0) is 14.4. The molecule has 19 heavy (non-hydrogen) atoms. The number of fused-ring (bicyclic) bond motifs is 1. The van der Waals surface area contributed by atoms with Gasteiger partial charge in [0, 0.05) is 11.1 Å². The van der Waals surface area contributed by atoms with Crippen LogP contribution in [0.2, 0.25) is 0 Å². The molecule has 10 heteroatoms. The van der Waals surface area contributed by atoms with Crippen LogP contribution < -0.4 is 0 Å². The van der Waals surface area contributed by atoms with Gasteiger partial charge in [-0.05, 0) is 13.8 Å². The Morgan fingerprint density at radius 2 is 2.05 bits per heavy atom. The molecule has 2 heterocycles. The zero-order valence-electron chi connectivity index (χ0n) is 9.85. The number of aromatic nitrogens is 2. The van der Waals surface area contributed by atoms with E-state index in [1.165, 1.54) is 15.7 Å². The molecular formula is C9H9F3N2O3S2. The van der Waals surface area contributed by atoms with E-state index in [-0.39, 0.29) is 5.69 Å². The molecule has 0 aliphatic heterocycles. The predicted octanol–water partition coefficient (Wildman–Crippen LogP) is 2.38. The smallest absolute Gasteiger partial charge is 0.292 e. The topological polar surface area (TPSA) is 60.7 Å². The number of aryl methyl sites for hydroxylation is 2. The lowest BCUT2D eigenvalue weighted by Crippen LogP contribution is -2.25. The molecule has 0 amide bonds. The first-order valence-electron chi connectivity index (χ1n) is 5.01. The highest BCUT2D eigenvalue weighted by molar-refractivity contribution is 7.87. The second kappa shape index (κ2) is 4.46. The summed E-state index contributed by atoms with van der Waals surface area (Å²) in [5.41, 5.74) is -4.70. The van der Waals surface area contributed by atoms with Crippen molar-refractivity contribution < 1.29 is 25.8 Å². The van der Waals surface area contributed by atoms with Crippen LogP contribution >= 0.6 is 11.3 Å². The summed E-state index contributed by atoms with van der Waals surface area (Å²) in [5, 5.41) is 0. The number of rotatable bonds is 3. The molecule has 0 bridgehead atoms. The lowest BCUT2D eigenvalue weighted by Gasteiger charge is -2.08. The van der Waals surface area contributed by atoms with Crippen molar-refractivity contribution in [1.29, 1.82) is 0 Å². The molecule has 0 unspecified atom stereocenters. The van der Waals surface area contributed by atoms with Crippen LogP contribution in [0, 0.1) is 13.8 Å². The molecule has 0 aromatic carbocycles. The summed E-state index contributed by atoms with van der Waals surface area (Å²) in [7, 11) is -5.59. The molecule has 0 fully saturated rings. The third-order valence-corrected chi connectivity index (χ3v) is 4.27. The van der Waals surface area contributed by atoms with E-state index in [1.807, 2.05) is 6.92 Å². The van der Waals surface area contributed by atoms with Crippen molar-refractivity contribution in [1.82, 2.24) is 9.38 Å². The minimum Gasteiger partial charge on any atom is -0.292 e. The molecule has 0 saturated carbocycles. The molecule has 0 aliphatic rings. The Balaban J connectivity index is 2.30. The molecule has 5 nitrogen and oxygen atoms in total. The van der Waals surface area contributed by atoms with Gasteiger partial charge >= 0.3 is 15.6 Å². The maximum absolute atomic E-state index is 12.1. The van der Waals surface area contributed by atoms with Crippen LogP contribution in [0.5, 0.6) is 0 Å². The van der Waals surface area contributed by atoms with E-state index in [1.54, 1.807) is 13.1 Å². The molecule has 0 spiro atoms. The molecule has 2 aromatic rings. The molecule has 0 aliphatic carbocycles. The Morgan fingerprint density at radius 3 is 2.63 bits per heavy atom. The Hall–Kier alpha value is -1.13. The van der Waals surface area contributed by atoms with Crippen molar-refractivity contribution in [2.45, 2.75) is 26.0 Å². The molecule has 0 atom stereocenters. The third-order valence-electron chi connectivity index (χ3n) is 2.38. The van der Waals surface area contributed by atoms with Gasteiger partial charge < -0.3 is 0 Å². The number of hydrogen-bond acceptors (Lipinski definition) is 5. The van der Waals surface area contributed by atoms with Crippen LogP contribution in [0.1, 0.15) is 16.3 Å². The minimum absolute atomic E-state index is 0.284. The molecule has 0 radical (unpaired) electrons. The Bertz CT molecular complexity index is 715. The number of hydrogen-bond donors (Lipinski definition) is 0. The molecular weight excluding hydrogens is 305 g/mol. The third kappa shape index (κ3) is 2.60. The van der Waals surface area contributed by atoms with E-state index in [2.05, 4.69) is 9.17 Å². The lowest BCUT2D eigenvalue weighted by molar-refractivity contribution is -0.0548. The van der Waals surface area contributed by atoms with Crippen LogP contribution in [0.25, 0.3) is 4.96 Å². The van der Waals surface area contributed by atoms with E-state index in [4.69, 9.17) is 0 Å². The first kappa shape index (κ1) is 14.3. The Labute approximate surface area is 110 Å². The second-order valence-electron chi connectivity index (χ2n) is 3.80. The summed E-state index contributed by atoms with van der Waals surface area (Å²) in [6.45, 7) is 2.69. The summed E-state index contributed by atoms with van der Waals surface area (Å²) in [5.74, 6) is 0. The predicted molar refractivity (Wildman–Crippen MR) is 62.3 cm³/mol. The van der Waals surface area contributed by atoms with Crippen LogP contribution in [0.3, 0.4) is 0 Å². The van der Waals surface area contributed by atoms with Gasteiger partial charge in [0.25, 0.3) is 0 Å². The van der Waals surface area contributed by atoms with Crippen molar-refractivity contribution in [3.05, 3.63) is 22.5 Å². The fourth-order valence-corrected chi connectivity index (χ4v) is 2.77. The van der Waals surface area contributed by atoms with Crippen molar-refractivity contribution in [2.24, 2.45) is 0 Å². The van der Waals surface area contributed by atoms with Gasteiger partial charge in [-0.15, -0.1) is 11.3 Å². The number of halogens is 3. The summed E-state index contributed by atoms with van der Waals surface area (Å²) in [4.78, 5) is 5.61. The average Bonchev–Trinajstić information content (AvgIpc) is 2.69. The maximum Gasteiger partial charge on any atom is 0.523 e. The summed E-state index contributed by atoms with van der Waals surface area (Å²) < 4.78 is 63.6. The van der Waals surface area contributed by atoms with Crippen LogP contribution in [0.15, 0.2) is 6.20 Å². The first-order chi connectivity index (χ1) is 8.62. The van der Waals surface area contributed by atoms with Crippen molar-refractivity contribution in [3.8, 4) is 0 Å². The number of thiazole rings is 1. The molecule has 0 N–H and O–H groups in total. The van der Waals surface area contributed by atoms with Gasteiger partial charge in [0.1, 0.15) is 6.61 Å². The monoisotopic (exact) mass is 314 g/mol. The van der Waals surface area contributed by atoms with E-state index in [0.717, 1.165) is 4.88 Å². The molecule has 2 rings (SSSR count). The molecule has 0 saturated heterocycles. The van der Waals surface area contributed by atoms with Gasteiger partial charge in [-0.3, -0.25) is 8.58 Å². The van der Waals surface area contributed by atoms with E-state index >= 15 is 0 Å². The fraction of sp³-hybridized carbons (Fsp3) is 0.444. The van der Waals surface area contributed by atoms with E-state index in [9.17, 15) is 21.6 Å². The SMILES string of the molecule is Cc1cn2c(COS(=O)(=O)C(F)(F)F)c(C)nc2s1. The largest absolute Gasteiger partial charge is 0.523 e. The van der Waals surface area contributed by atoms with Crippen molar-refractivity contribution in [2.75, 3.05) is 0 Å². The summed E-state index contributed by atoms with van der Waals surface area (Å²) in [6.07, 6.45) is 1.67. The summed E-state index contributed by atoms with van der Waals surface area (Å²) >= 11 is 1.35. The van der Waals surface area contributed by atoms with Crippen molar-refractivity contribution >= 4 is 26.4 Å². The minimum atomic E-state index is -5.59. The normalized spacial score (nSPS) is 13.3. The van der Waals surface area contributed by atoms with Crippen molar-refractivity contribution in [3.63, 3.8) is 0 Å². The first-order valence-corrected chi connectivity index (χ1v) is 7.24. The standard InChI is InChI=1S/C9H9F3N2O3S2/c1-5-3-14-7(6(2)13-8(14)18-5)4-17-19(15,16)9(10,11)12/h3H,4H2,1-2H3. The fourth-order valence-electron chi connectivity index (χ4n) is 1.48. The van der Waals surface area contributed by atoms with Gasteiger partial charge in [0.05, 0.1) is 11.4 Å². The van der Waals surface area contributed by atoms with Gasteiger partial charge in [-0.25, -0.2) is 4.98 Å². The highest BCUT2D eigenvalue weighted by Gasteiger charge is 2.47. The maximum atomic E-state index is 12.1. The highest BCUT2D eigenvalue weighted by Crippen LogP contribution is 2.27. The number of imidazole rings is 1. The van der Waals surface area contributed by atoms with Crippen LogP contribution in [-0.2, 0) is 20.9 Å². The average molecular weight is 314 g/mol. The number of alkyl halides is 3. The second-order valence-corrected chi connectivity index (χ2v) is 6.62. The quantitative estimate of drug-likeness (QED) is 0.644. The van der Waals surface area contributed by atoms with Gasteiger partial charge in [-0.2, -0.15) is 21.6 Å². The lowest BCUT2D eigenvalue weighted by atomic mass is 10.4. The van der Waals surface area contributed by atoms with Gasteiger partial charge in [-0.1, -0.05) is 0 Å². The van der Waals surface area contributed by atoms with Gasteiger partial charge in [0.15, 0.2) is 4.96 Å². The Kier molecular flexibility index (Phi) is 3.35. The highest BCUT2D eigenvalue weighted by atomic mass is 32.2.